The van der Waals surface area contributed by atoms with Gasteiger partial charge in [-0.25, -0.2) is 0 Å². The van der Waals surface area contributed by atoms with Crippen LogP contribution in [0.25, 0.3) is 0 Å². The summed E-state index contributed by atoms with van der Waals surface area (Å²) in [5.74, 6) is 0.143. The van der Waals surface area contributed by atoms with Crippen LogP contribution in [-0.4, -0.2) is 25.0 Å². The fraction of sp³-hybridized carbons (Fsp3) is 0.909. The van der Waals surface area contributed by atoms with Crippen LogP contribution in [0.15, 0.2) is 0 Å². The van der Waals surface area contributed by atoms with Gasteiger partial charge < -0.3 is 10.6 Å². The number of amides is 1. The van der Waals surface area contributed by atoms with E-state index in [-0.39, 0.29) is 11.3 Å². The number of nitrogens with one attached hydrogen (secondary N) is 2. The van der Waals surface area contributed by atoms with Gasteiger partial charge in [-0.2, -0.15) is 0 Å². The van der Waals surface area contributed by atoms with Gasteiger partial charge in [0.25, 0.3) is 0 Å². The number of hydrogen-bond acceptors (Lipinski definition) is 2. The van der Waals surface area contributed by atoms with Crippen molar-refractivity contribution in [1.29, 1.82) is 0 Å². The number of carbonyl (C=O) groups excluding carboxylic acids is 1. The second-order valence-corrected chi connectivity index (χ2v) is 4.41. The molecule has 0 aromatic rings. The molecule has 3 heteroatoms. The van der Waals surface area contributed by atoms with Gasteiger partial charge in [0, 0.05) is 18.0 Å². The normalized spacial score (nSPS) is 13.8. The first-order valence-electron chi connectivity index (χ1n) is 5.45. The van der Waals surface area contributed by atoms with Gasteiger partial charge in [-0.05, 0) is 19.9 Å². The maximum atomic E-state index is 11.7. The summed E-state index contributed by atoms with van der Waals surface area (Å²) in [5, 5.41) is 6.21. The molecule has 0 saturated heterocycles. The lowest BCUT2D eigenvalue weighted by atomic mass is 9.89. The Balaban J connectivity index is 3.85. The molecule has 3 nitrogen and oxygen atoms in total. The first kappa shape index (κ1) is 13.4. The van der Waals surface area contributed by atoms with Crippen LogP contribution in [0.1, 0.15) is 41.0 Å². The quantitative estimate of drug-likeness (QED) is 0.683. The van der Waals surface area contributed by atoms with E-state index in [9.17, 15) is 4.79 Å². The minimum atomic E-state index is -0.244. The Morgan fingerprint density at radius 2 is 1.93 bits per heavy atom. The highest BCUT2D eigenvalue weighted by Crippen LogP contribution is 2.19. The third-order valence-corrected chi connectivity index (χ3v) is 2.62. The summed E-state index contributed by atoms with van der Waals surface area (Å²) >= 11 is 0. The Morgan fingerprint density at radius 3 is 2.36 bits per heavy atom. The molecule has 0 aliphatic rings. The number of carbonyl (C=O) groups is 1. The largest absolute Gasteiger partial charge is 0.354 e. The lowest BCUT2D eigenvalue weighted by Gasteiger charge is -2.23. The van der Waals surface area contributed by atoms with Crippen LogP contribution in [0.5, 0.6) is 0 Å². The summed E-state index contributed by atoms with van der Waals surface area (Å²) in [6, 6.07) is 0.344. The highest BCUT2D eigenvalue weighted by atomic mass is 16.2. The fourth-order valence-electron chi connectivity index (χ4n) is 1.07. The van der Waals surface area contributed by atoms with Gasteiger partial charge in [0.15, 0.2) is 0 Å². The molecule has 0 heterocycles. The van der Waals surface area contributed by atoms with E-state index in [1.54, 1.807) is 0 Å². The van der Waals surface area contributed by atoms with Crippen molar-refractivity contribution in [3.63, 3.8) is 0 Å². The Hall–Kier alpha value is -0.570. The SMILES string of the molecule is CCN[C@H](C)CNC(=O)C(C)(C)CC. The molecule has 0 radical (unpaired) electrons. The van der Waals surface area contributed by atoms with Crippen LogP contribution in [0.3, 0.4) is 0 Å². The molecule has 0 fully saturated rings. The molecule has 0 spiro atoms. The average Bonchev–Trinajstić information content (AvgIpc) is 2.14. The van der Waals surface area contributed by atoms with Gasteiger partial charge in [0.1, 0.15) is 0 Å². The van der Waals surface area contributed by atoms with Crippen LogP contribution in [0.2, 0.25) is 0 Å². The van der Waals surface area contributed by atoms with E-state index in [4.69, 9.17) is 0 Å². The zero-order valence-corrected chi connectivity index (χ0v) is 10.1. The Kier molecular flexibility index (Phi) is 5.77. The van der Waals surface area contributed by atoms with Crippen LogP contribution in [-0.2, 0) is 4.79 Å². The predicted molar refractivity (Wildman–Crippen MR) is 60.2 cm³/mol. The lowest BCUT2D eigenvalue weighted by molar-refractivity contribution is -0.129. The van der Waals surface area contributed by atoms with Gasteiger partial charge in [-0.1, -0.05) is 27.7 Å². The fourth-order valence-corrected chi connectivity index (χ4v) is 1.07. The monoisotopic (exact) mass is 200 g/mol. The molecule has 0 aromatic heterocycles. The first-order chi connectivity index (χ1) is 6.44. The highest BCUT2D eigenvalue weighted by Gasteiger charge is 2.24. The van der Waals surface area contributed by atoms with Crippen molar-refractivity contribution in [3.05, 3.63) is 0 Å². The van der Waals surface area contributed by atoms with Crippen molar-refractivity contribution < 1.29 is 4.79 Å². The van der Waals surface area contributed by atoms with Gasteiger partial charge >= 0.3 is 0 Å². The first-order valence-corrected chi connectivity index (χ1v) is 5.45. The van der Waals surface area contributed by atoms with Gasteiger partial charge in [0.2, 0.25) is 5.91 Å². The molecule has 14 heavy (non-hydrogen) atoms. The van der Waals surface area contributed by atoms with Gasteiger partial charge in [0.05, 0.1) is 0 Å². The molecule has 0 bridgehead atoms. The number of hydrogen-bond donors (Lipinski definition) is 2. The third kappa shape index (κ3) is 4.61. The molecule has 1 atom stereocenters. The summed E-state index contributed by atoms with van der Waals surface area (Å²) in [6.45, 7) is 11.8. The van der Waals surface area contributed by atoms with Crippen LogP contribution >= 0.6 is 0 Å². The molecule has 0 unspecified atom stereocenters. The minimum absolute atomic E-state index is 0.143. The Morgan fingerprint density at radius 1 is 1.36 bits per heavy atom. The topological polar surface area (TPSA) is 41.1 Å². The van der Waals surface area contributed by atoms with Crippen molar-refractivity contribution in [1.82, 2.24) is 10.6 Å². The van der Waals surface area contributed by atoms with Crippen molar-refractivity contribution in [2.45, 2.75) is 47.1 Å². The summed E-state index contributed by atoms with van der Waals surface area (Å²) in [6.07, 6.45) is 0.869. The molecular weight excluding hydrogens is 176 g/mol. The summed E-state index contributed by atoms with van der Waals surface area (Å²) in [5.41, 5.74) is -0.244. The molecule has 1 amide bonds. The highest BCUT2D eigenvalue weighted by molar-refractivity contribution is 5.81. The van der Waals surface area contributed by atoms with E-state index in [0.717, 1.165) is 13.0 Å². The summed E-state index contributed by atoms with van der Waals surface area (Å²) in [7, 11) is 0. The van der Waals surface area contributed by atoms with Crippen molar-refractivity contribution >= 4 is 5.91 Å². The van der Waals surface area contributed by atoms with E-state index < -0.39 is 0 Å². The molecule has 0 saturated carbocycles. The van der Waals surface area contributed by atoms with Crippen molar-refractivity contribution in [2.75, 3.05) is 13.1 Å². The molecule has 0 aliphatic heterocycles. The lowest BCUT2D eigenvalue weighted by Crippen LogP contribution is -2.43. The van der Waals surface area contributed by atoms with Gasteiger partial charge in [-0.3, -0.25) is 4.79 Å². The number of rotatable bonds is 6. The van der Waals surface area contributed by atoms with E-state index in [1.807, 2.05) is 20.8 Å². The van der Waals surface area contributed by atoms with Crippen LogP contribution < -0.4 is 10.6 Å². The predicted octanol–water partition coefficient (Wildman–Crippen LogP) is 1.54. The van der Waals surface area contributed by atoms with Crippen molar-refractivity contribution in [2.24, 2.45) is 5.41 Å². The van der Waals surface area contributed by atoms with E-state index in [1.165, 1.54) is 0 Å². The van der Waals surface area contributed by atoms with Gasteiger partial charge in [-0.15, -0.1) is 0 Å². The smallest absolute Gasteiger partial charge is 0.225 e. The molecular formula is C11H24N2O. The zero-order valence-electron chi connectivity index (χ0n) is 10.1. The van der Waals surface area contributed by atoms with E-state index in [0.29, 0.717) is 12.6 Å². The van der Waals surface area contributed by atoms with Crippen LogP contribution in [0, 0.1) is 5.41 Å². The van der Waals surface area contributed by atoms with Crippen LogP contribution in [0.4, 0.5) is 0 Å². The maximum Gasteiger partial charge on any atom is 0.225 e. The maximum absolute atomic E-state index is 11.7. The average molecular weight is 200 g/mol. The zero-order chi connectivity index (χ0) is 11.2. The third-order valence-electron chi connectivity index (χ3n) is 2.62. The Bertz CT molecular complexity index is 178. The molecule has 0 aliphatic carbocycles. The second-order valence-electron chi connectivity index (χ2n) is 4.41. The molecule has 2 N–H and O–H groups in total. The van der Waals surface area contributed by atoms with E-state index >= 15 is 0 Å². The molecule has 0 rings (SSSR count). The number of likely N-dealkylation sites (N-methyl/N-ethyl adjacent to an activating group) is 1. The summed E-state index contributed by atoms with van der Waals surface area (Å²) in [4.78, 5) is 11.7. The molecule has 0 aromatic carbocycles. The van der Waals surface area contributed by atoms with Crippen molar-refractivity contribution in [3.8, 4) is 0 Å². The Labute approximate surface area is 87.6 Å². The summed E-state index contributed by atoms with van der Waals surface area (Å²) < 4.78 is 0. The standard InChI is InChI=1S/C11H24N2O/c1-6-11(4,5)10(14)13-8-9(3)12-7-2/h9,12H,6-8H2,1-5H3,(H,13,14)/t9-/m1/s1. The van der Waals surface area contributed by atoms with E-state index in [2.05, 4.69) is 24.5 Å². The second kappa shape index (κ2) is 6.02. The molecule has 84 valence electrons. The minimum Gasteiger partial charge on any atom is -0.354 e.